The Kier molecular flexibility index (Phi) is 12.4. The Morgan fingerprint density at radius 2 is 1.50 bits per heavy atom. The first-order valence-electron chi connectivity index (χ1n) is 15.3. The van der Waals surface area contributed by atoms with E-state index in [0.29, 0.717) is 17.2 Å². The Morgan fingerprint density at radius 3 is 2.13 bits per heavy atom. The van der Waals surface area contributed by atoms with Crippen LogP contribution in [0.25, 0.3) is 0 Å². The Bertz CT molecular complexity index is 1020. The van der Waals surface area contributed by atoms with Gasteiger partial charge >= 0.3 is 5.97 Å². The molecule has 0 saturated heterocycles. The van der Waals surface area contributed by atoms with Gasteiger partial charge in [0.1, 0.15) is 11.8 Å². The lowest BCUT2D eigenvalue weighted by atomic mass is 9.69. The molecule has 3 heteroatoms. The van der Waals surface area contributed by atoms with E-state index < -0.39 is 5.41 Å². The largest absolute Gasteiger partial charge is 0.424 e. The van der Waals surface area contributed by atoms with Crippen LogP contribution >= 0.6 is 0 Å². The number of nitriles is 1. The quantitative estimate of drug-likeness (QED) is 0.135. The lowest BCUT2D eigenvalue weighted by molar-refractivity contribution is -0.142. The molecule has 3 nitrogen and oxygen atoms in total. The molecule has 0 bridgehead atoms. The second-order valence-electron chi connectivity index (χ2n) is 11.8. The molecule has 0 unspecified atom stereocenters. The second-order valence-corrected chi connectivity index (χ2v) is 11.8. The number of aryl methyl sites for hydroxylation is 2. The summed E-state index contributed by atoms with van der Waals surface area (Å²) in [5, 5.41) is 9.84. The number of carbonyl (C=O) groups is 1. The fourth-order valence-corrected chi connectivity index (χ4v) is 5.78. The average molecular weight is 516 g/mol. The van der Waals surface area contributed by atoms with Crippen molar-refractivity contribution in [2.75, 3.05) is 0 Å². The molecule has 0 radical (unpaired) electrons. The van der Waals surface area contributed by atoms with Gasteiger partial charge in [0.15, 0.2) is 0 Å². The van der Waals surface area contributed by atoms with Crippen molar-refractivity contribution in [3.63, 3.8) is 0 Å². The standard InChI is InChI=1S/C35H49NO2/c1-4-5-6-7-8-9-10-12-15-30-20-23-33(31(26-30)27-36)38-34(37)35(24-13-11-14-25-35)32-21-18-29(19-22-32)17-16-28(2)3/h18-23,26,28H,4-17,24-25H2,1-3H3. The van der Waals surface area contributed by atoms with Gasteiger partial charge in [-0.15, -0.1) is 0 Å². The highest BCUT2D eigenvalue weighted by Crippen LogP contribution is 2.41. The molecule has 1 aliphatic carbocycles. The highest BCUT2D eigenvalue weighted by Gasteiger charge is 2.43. The summed E-state index contributed by atoms with van der Waals surface area (Å²) in [7, 11) is 0. The monoisotopic (exact) mass is 515 g/mol. The van der Waals surface area contributed by atoms with E-state index in [-0.39, 0.29) is 5.97 Å². The van der Waals surface area contributed by atoms with Crippen molar-refractivity contribution in [2.45, 2.75) is 129 Å². The van der Waals surface area contributed by atoms with Crippen LogP contribution in [-0.2, 0) is 23.1 Å². The maximum atomic E-state index is 13.7. The van der Waals surface area contributed by atoms with Crippen LogP contribution in [-0.4, -0.2) is 5.97 Å². The molecule has 0 amide bonds. The smallest absolute Gasteiger partial charge is 0.321 e. The number of nitrogens with zero attached hydrogens (tertiary/aromatic N) is 1. The summed E-state index contributed by atoms with van der Waals surface area (Å²) in [5.74, 6) is 0.866. The van der Waals surface area contributed by atoms with Crippen LogP contribution in [0.1, 0.15) is 133 Å². The molecule has 2 aromatic rings. The molecular weight excluding hydrogens is 466 g/mol. The molecule has 0 aliphatic heterocycles. The first-order valence-corrected chi connectivity index (χ1v) is 15.3. The predicted octanol–water partition coefficient (Wildman–Crippen LogP) is 9.64. The van der Waals surface area contributed by atoms with Gasteiger partial charge in [-0.05, 0) is 73.3 Å². The zero-order valence-electron chi connectivity index (χ0n) is 24.2. The molecule has 0 N–H and O–H groups in total. The summed E-state index contributed by atoms with van der Waals surface area (Å²) in [6, 6.07) is 16.7. The van der Waals surface area contributed by atoms with Gasteiger partial charge in [-0.3, -0.25) is 4.79 Å². The lowest BCUT2D eigenvalue weighted by Gasteiger charge is -2.35. The predicted molar refractivity (Wildman–Crippen MR) is 157 cm³/mol. The third kappa shape index (κ3) is 8.72. The van der Waals surface area contributed by atoms with Crippen molar-refractivity contribution in [2.24, 2.45) is 5.92 Å². The molecule has 0 spiro atoms. The van der Waals surface area contributed by atoms with Gasteiger partial charge in [-0.1, -0.05) is 115 Å². The minimum Gasteiger partial charge on any atom is -0.424 e. The summed E-state index contributed by atoms with van der Waals surface area (Å²) in [5.41, 5.74) is 3.36. The van der Waals surface area contributed by atoms with E-state index in [0.717, 1.165) is 62.5 Å². The maximum absolute atomic E-state index is 13.7. The molecule has 1 aliphatic rings. The van der Waals surface area contributed by atoms with Crippen molar-refractivity contribution in [3.05, 3.63) is 64.7 Å². The van der Waals surface area contributed by atoms with Gasteiger partial charge in [0.25, 0.3) is 0 Å². The van der Waals surface area contributed by atoms with E-state index >= 15 is 0 Å². The third-order valence-corrected chi connectivity index (χ3v) is 8.30. The van der Waals surface area contributed by atoms with Crippen molar-refractivity contribution in [1.82, 2.24) is 0 Å². The van der Waals surface area contributed by atoms with Crippen LogP contribution in [0.5, 0.6) is 5.75 Å². The highest BCUT2D eigenvalue weighted by molar-refractivity contribution is 5.85. The van der Waals surface area contributed by atoms with Gasteiger partial charge in [-0.2, -0.15) is 5.26 Å². The molecule has 2 aromatic carbocycles. The van der Waals surface area contributed by atoms with Crippen molar-refractivity contribution in [1.29, 1.82) is 5.26 Å². The number of esters is 1. The number of ether oxygens (including phenoxy) is 1. The van der Waals surface area contributed by atoms with Crippen LogP contribution in [0.3, 0.4) is 0 Å². The van der Waals surface area contributed by atoms with E-state index in [4.69, 9.17) is 4.74 Å². The molecule has 1 saturated carbocycles. The van der Waals surface area contributed by atoms with E-state index in [1.54, 1.807) is 0 Å². The third-order valence-electron chi connectivity index (χ3n) is 8.30. The summed E-state index contributed by atoms with van der Waals surface area (Å²) >= 11 is 0. The summed E-state index contributed by atoms with van der Waals surface area (Å²) in [6.45, 7) is 6.75. The minimum atomic E-state index is -0.628. The Morgan fingerprint density at radius 1 is 0.868 bits per heavy atom. The maximum Gasteiger partial charge on any atom is 0.321 e. The Hall–Kier alpha value is -2.60. The van der Waals surface area contributed by atoms with Gasteiger partial charge in [0.2, 0.25) is 0 Å². The van der Waals surface area contributed by atoms with E-state index in [9.17, 15) is 10.1 Å². The summed E-state index contributed by atoms with van der Waals surface area (Å²) < 4.78 is 6.03. The van der Waals surface area contributed by atoms with Crippen molar-refractivity contribution >= 4 is 5.97 Å². The normalized spacial score (nSPS) is 14.8. The van der Waals surface area contributed by atoms with Crippen molar-refractivity contribution in [3.8, 4) is 11.8 Å². The SMILES string of the molecule is CCCCCCCCCCc1ccc(OC(=O)C2(c3ccc(CCC(C)C)cc3)CCCCC2)c(C#N)c1. The molecule has 0 heterocycles. The number of hydrogen-bond acceptors (Lipinski definition) is 3. The molecule has 206 valence electrons. The summed E-state index contributed by atoms with van der Waals surface area (Å²) in [6.07, 6.45) is 18.3. The number of benzene rings is 2. The van der Waals surface area contributed by atoms with Crippen LogP contribution in [0, 0.1) is 17.2 Å². The number of hydrogen-bond donors (Lipinski definition) is 0. The van der Waals surface area contributed by atoms with Gasteiger partial charge in [0, 0.05) is 0 Å². The highest BCUT2D eigenvalue weighted by atomic mass is 16.5. The van der Waals surface area contributed by atoms with Crippen LogP contribution in [0.4, 0.5) is 0 Å². The Balaban J connectivity index is 1.63. The van der Waals surface area contributed by atoms with Crippen molar-refractivity contribution < 1.29 is 9.53 Å². The topological polar surface area (TPSA) is 50.1 Å². The summed E-state index contributed by atoms with van der Waals surface area (Å²) in [4.78, 5) is 13.7. The zero-order chi connectivity index (χ0) is 27.2. The van der Waals surface area contributed by atoms with Crippen LogP contribution < -0.4 is 4.74 Å². The zero-order valence-corrected chi connectivity index (χ0v) is 24.2. The number of carbonyl (C=O) groups excluding carboxylic acids is 1. The fraction of sp³-hybridized carbons (Fsp3) is 0.600. The molecule has 3 rings (SSSR count). The van der Waals surface area contributed by atoms with E-state index in [1.165, 1.54) is 56.9 Å². The van der Waals surface area contributed by atoms with Gasteiger partial charge in [-0.25, -0.2) is 0 Å². The Labute approximate surface area is 232 Å². The van der Waals surface area contributed by atoms with Crippen LogP contribution in [0.15, 0.2) is 42.5 Å². The molecule has 0 aromatic heterocycles. The second kappa shape index (κ2) is 15.7. The average Bonchev–Trinajstić information content (AvgIpc) is 2.94. The molecule has 38 heavy (non-hydrogen) atoms. The first-order chi connectivity index (χ1) is 18.5. The van der Waals surface area contributed by atoms with Gasteiger partial charge < -0.3 is 4.74 Å². The molecular formula is C35H49NO2. The van der Waals surface area contributed by atoms with E-state index in [2.05, 4.69) is 51.1 Å². The lowest BCUT2D eigenvalue weighted by Crippen LogP contribution is -2.41. The minimum absolute atomic E-state index is 0.209. The van der Waals surface area contributed by atoms with Gasteiger partial charge in [0.05, 0.1) is 11.0 Å². The van der Waals surface area contributed by atoms with E-state index in [1.807, 2.05) is 18.2 Å². The fourth-order valence-electron chi connectivity index (χ4n) is 5.78. The molecule has 1 fully saturated rings. The molecule has 0 atom stereocenters. The van der Waals surface area contributed by atoms with Crippen LogP contribution in [0.2, 0.25) is 0 Å². The first kappa shape index (κ1) is 29.9. The number of unbranched alkanes of at least 4 members (excludes halogenated alkanes) is 7. The number of rotatable bonds is 15.